The third-order valence-electron chi connectivity index (χ3n) is 3.04. The summed E-state index contributed by atoms with van der Waals surface area (Å²) in [6.45, 7) is 1.69. The van der Waals surface area contributed by atoms with Gasteiger partial charge in [0.15, 0.2) is 0 Å². The van der Waals surface area contributed by atoms with Crippen molar-refractivity contribution in [2.45, 2.75) is 37.6 Å². The lowest BCUT2D eigenvalue weighted by Crippen LogP contribution is -2.45. The zero-order chi connectivity index (χ0) is 11.6. The van der Waals surface area contributed by atoms with E-state index in [1.807, 2.05) is 6.92 Å². The molecule has 0 amide bonds. The van der Waals surface area contributed by atoms with Crippen molar-refractivity contribution >= 4 is 16.7 Å². The lowest BCUT2D eigenvalue weighted by molar-refractivity contribution is 0.132. The van der Waals surface area contributed by atoms with Crippen molar-refractivity contribution < 1.29 is 10.2 Å². The molecule has 1 aliphatic carbocycles. The van der Waals surface area contributed by atoms with Gasteiger partial charge in [0.05, 0.1) is 18.8 Å². The average Bonchev–Trinajstić information content (AvgIpc) is 3.08. The molecule has 1 fully saturated rings. The molecule has 1 heterocycles. The first-order valence-corrected chi connectivity index (χ1v) is 6.34. The highest BCUT2D eigenvalue weighted by Gasteiger charge is 2.30. The van der Waals surface area contributed by atoms with Gasteiger partial charge in [0.25, 0.3) is 0 Å². The predicted molar refractivity (Wildman–Crippen MR) is 62.7 cm³/mol. The number of hydrogen-bond acceptors (Lipinski definition) is 6. The van der Waals surface area contributed by atoms with E-state index in [0.717, 1.165) is 5.82 Å². The molecule has 0 aromatic carbocycles. The second kappa shape index (κ2) is 4.65. The summed E-state index contributed by atoms with van der Waals surface area (Å²) < 4.78 is 4.27. The standard InChI is InChI=1S/C10H17N3O2S/c1-2-10(5-14,6-15)12-9-11-8(13-16-9)7-3-4-7/h7,14-15H,2-6H2,1H3,(H,11,12,13). The van der Waals surface area contributed by atoms with E-state index in [1.165, 1.54) is 24.4 Å². The molecule has 1 aliphatic rings. The van der Waals surface area contributed by atoms with Crippen LogP contribution in [-0.4, -0.2) is 38.3 Å². The highest BCUT2D eigenvalue weighted by Crippen LogP contribution is 2.39. The largest absolute Gasteiger partial charge is 0.394 e. The minimum absolute atomic E-state index is 0.113. The van der Waals surface area contributed by atoms with Gasteiger partial charge < -0.3 is 15.5 Å². The molecule has 90 valence electrons. The van der Waals surface area contributed by atoms with Gasteiger partial charge >= 0.3 is 0 Å². The topological polar surface area (TPSA) is 78.3 Å². The number of aromatic nitrogens is 2. The summed E-state index contributed by atoms with van der Waals surface area (Å²) in [6, 6.07) is 0. The van der Waals surface area contributed by atoms with E-state index in [2.05, 4.69) is 14.7 Å². The van der Waals surface area contributed by atoms with Crippen molar-refractivity contribution in [3.05, 3.63) is 5.82 Å². The fraction of sp³-hybridized carbons (Fsp3) is 0.800. The van der Waals surface area contributed by atoms with Gasteiger partial charge in [0.2, 0.25) is 5.13 Å². The summed E-state index contributed by atoms with van der Waals surface area (Å²) in [5.41, 5.74) is -0.680. The molecule has 2 rings (SSSR count). The summed E-state index contributed by atoms with van der Waals surface area (Å²) in [5, 5.41) is 22.4. The smallest absolute Gasteiger partial charge is 0.203 e. The van der Waals surface area contributed by atoms with Crippen molar-refractivity contribution in [1.29, 1.82) is 0 Å². The molecular weight excluding hydrogens is 226 g/mol. The van der Waals surface area contributed by atoms with Crippen LogP contribution in [0.5, 0.6) is 0 Å². The van der Waals surface area contributed by atoms with Crippen LogP contribution in [0, 0.1) is 0 Å². The van der Waals surface area contributed by atoms with E-state index in [0.29, 0.717) is 17.5 Å². The molecule has 0 atom stereocenters. The second-order valence-corrected chi connectivity index (χ2v) is 5.06. The van der Waals surface area contributed by atoms with Crippen LogP contribution in [0.2, 0.25) is 0 Å². The van der Waals surface area contributed by atoms with Gasteiger partial charge in [-0.25, -0.2) is 4.98 Å². The Balaban J connectivity index is 2.05. The Morgan fingerprint density at radius 1 is 1.44 bits per heavy atom. The van der Waals surface area contributed by atoms with Crippen LogP contribution in [0.3, 0.4) is 0 Å². The van der Waals surface area contributed by atoms with Crippen LogP contribution in [0.4, 0.5) is 5.13 Å². The summed E-state index contributed by atoms with van der Waals surface area (Å²) in [6.07, 6.45) is 2.99. The molecular formula is C10H17N3O2S. The van der Waals surface area contributed by atoms with Gasteiger partial charge in [0, 0.05) is 17.5 Å². The van der Waals surface area contributed by atoms with Crippen LogP contribution in [0.15, 0.2) is 0 Å². The summed E-state index contributed by atoms with van der Waals surface area (Å²) >= 11 is 1.30. The summed E-state index contributed by atoms with van der Waals surface area (Å²) in [4.78, 5) is 4.38. The Morgan fingerprint density at radius 3 is 2.62 bits per heavy atom. The maximum absolute atomic E-state index is 9.30. The molecule has 0 spiro atoms. The third-order valence-corrected chi connectivity index (χ3v) is 3.68. The van der Waals surface area contributed by atoms with Crippen molar-refractivity contribution in [2.24, 2.45) is 0 Å². The monoisotopic (exact) mass is 243 g/mol. The van der Waals surface area contributed by atoms with Gasteiger partial charge in [-0.3, -0.25) is 0 Å². The summed E-state index contributed by atoms with van der Waals surface area (Å²) in [5.74, 6) is 1.43. The molecule has 1 saturated carbocycles. The molecule has 16 heavy (non-hydrogen) atoms. The number of nitrogens with one attached hydrogen (secondary N) is 1. The van der Waals surface area contributed by atoms with Crippen LogP contribution in [-0.2, 0) is 0 Å². The Bertz CT molecular complexity index is 339. The maximum atomic E-state index is 9.30. The molecule has 0 aliphatic heterocycles. The Morgan fingerprint density at radius 2 is 2.12 bits per heavy atom. The van der Waals surface area contributed by atoms with E-state index in [9.17, 15) is 10.2 Å². The average molecular weight is 243 g/mol. The van der Waals surface area contributed by atoms with E-state index in [1.54, 1.807) is 0 Å². The van der Waals surface area contributed by atoms with Gasteiger partial charge in [-0.05, 0) is 19.3 Å². The van der Waals surface area contributed by atoms with Crippen LogP contribution in [0.1, 0.15) is 37.9 Å². The van der Waals surface area contributed by atoms with Crippen molar-refractivity contribution in [1.82, 2.24) is 9.36 Å². The molecule has 5 nitrogen and oxygen atoms in total. The first kappa shape index (κ1) is 11.8. The molecule has 0 unspecified atom stereocenters. The highest BCUT2D eigenvalue weighted by atomic mass is 32.1. The number of nitrogens with zero attached hydrogens (tertiary/aromatic N) is 2. The first-order valence-electron chi connectivity index (χ1n) is 5.56. The molecule has 0 saturated heterocycles. The minimum atomic E-state index is -0.680. The van der Waals surface area contributed by atoms with Crippen LogP contribution >= 0.6 is 11.5 Å². The van der Waals surface area contributed by atoms with Crippen molar-refractivity contribution in [3.63, 3.8) is 0 Å². The molecule has 1 aromatic rings. The number of hydrogen-bond donors (Lipinski definition) is 3. The molecule has 3 N–H and O–H groups in total. The SMILES string of the molecule is CCC(CO)(CO)Nc1nc(C2CC2)ns1. The normalized spacial score (nSPS) is 16.4. The van der Waals surface area contributed by atoms with Crippen molar-refractivity contribution in [3.8, 4) is 0 Å². The quantitative estimate of drug-likeness (QED) is 0.693. The van der Waals surface area contributed by atoms with E-state index >= 15 is 0 Å². The zero-order valence-electron chi connectivity index (χ0n) is 9.31. The number of anilines is 1. The highest BCUT2D eigenvalue weighted by molar-refractivity contribution is 7.09. The number of rotatable bonds is 6. The van der Waals surface area contributed by atoms with E-state index < -0.39 is 5.54 Å². The fourth-order valence-electron chi connectivity index (χ4n) is 1.46. The van der Waals surface area contributed by atoms with Crippen LogP contribution < -0.4 is 5.32 Å². The Labute approximate surface area is 98.7 Å². The summed E-state index contributed by atoms with van der Waals surface area (Å²) in [7, 11) is 0. The minimum Gasteiger partial charge on any atom is -0.394 e. The maximum Gasteiger partial charge on any atom is 0.203 e. The molecule has 6 heteroatoms. The fourth-order valence-corrected chi connectivity index (χ4v) is 2.23. The third kappa shape index (κ3) is 2.34. The van der Waals surface area contributed by atoms with Crippen LogP contribution in [0.25, 0.3) is 0 Å². The zero-order valence-corrected chi connectivity index (χ0v) is 10.1. The number of aliphatic hydroxyl groups is 2. The first-order chi connectivity index (χ1) is 7.73. The van der Waals surface area contributed by atoms with Crippen molar-refractivity contribution in [2.75, 3.05) is 18.5 Å². The molecule has 1 aromatic heterocycles. The second-order valence-electron chi connectivity index (χ2n) is 4.31. The number of aliphatic hydroxyl groups excluding tert-OH is 2. The lowest BCUT2D eigenvalue weighted by atomic mass is 9.99. The lowest BCUT2D eigenvalue weighted by Gasteiger charge is -2.29. The predicted octanol–water partition coefficient (Wildman–Crippen LogP) is 0.961. The molecule has 0 radical (unpaired) electrons. The molecule has 0 bridgehead atoms. The van der Waals surface area contributed by atoms with Gasteiger partial charge in [-0.2, -0.15) is 4.37 Å². The van der Waals surface area contributed by atoms with Gasteiger partial charge in [0.1, 0.15) is 5.82 Å². The van der Waals surface area contributed by atoms with E-state index in [-0.39, 0.29) is 13.2 Å². The van der Waals surface area contributed by atoms with Gasteiger partial charge in [-0.1, -0.05) is 6.92 Å². The Hall–Kier alpha value is -0.720. The van der Waals surface area contributed by atoms with Gasteiger partial charge in [-0.15, -0.1) is 0 Å². The Kier molecular flexibility index (Phi) is 3.41. The van der Waals surface area contributed by atoms with E-state index in [4.69, 9.17) is 0 Å².